The van der Waals surface area contributed by atoms with Crippen molar-refractivity contribution in [3.63, 3.8) is 0 Å². The van der Waals surface area contributed by atoms with Gasteiger partial charge < -0.3 is 24.7 Å². The van der Waals surface area contributed by atoms with Crippen molar-refractivity contribution >= 4 is 22.4 Å². The molecule has 0 radical (unpaired) electrons. The summed E-state index contributed by atoms with van der Waals surface area (Å²) in [6.07, 6.45) is -0.874. The molecule has 0 bridgehead atoms. The molecule has 0 saturated carbocycles. The first kappa shape index (κ1) is 23.7. The topological polar surface area (TPSA) is 100 Å². The molecular weight excluding hydrogens is 500 g/mol. The molecule has 1 fully saturated rings. The average Bonchev–Trinajstić information content (AvgIpc) is 3.66. The molecule has 0 spiro atoms. The van der Waals surface area contributed by atoms with E-state index in [4.69, 9.17) is 9.47 Å². The first-order valence-electron chi connectivity index (χ1n) is 11.6. The molecule has 37 heavy (non-hydrogen) atoms. The number of aromatic amines is 1. The summed E-state index contributed by atoms with van der Waals surface area (Å²) in [5.74, 6) is -1.57. The molecule has 1 saturated heterocycles. The minimum absolute atomic E-state index is 0.0333. The lowest BCUT2D eigenvalue weighted by Gasteiger charge is -2.15. The van der Waals surface area contributed by atoms with Gasteiger partial charge in [-0.2, -0.15) is 4.98 Å². The van der Waals surface area contributed by atoms with Crippen molar-refractivity contribution in [3.05, 3.63) is 77.8 Å². The van der Waals surface area contributed by atoms with Gasteiger partial charge in [0.25, 0.3) is 6.01 Å². The minimum atomic E-state index is -1.07. The Morgan fingerprint density at radius 2 is 1.70 bits per heavy atom. The second-order valence-electron chi connectivity index (χ2n) is 8.68. The van der Waals surface area contributed by atoms with Crippen molar-refractivity contribution in [1.82, 2.24) is 15.0 Å². The standard InChI is InChI=1S/C27H21F2N3O4S/c28-18-11-19-24(32-27(31-19)36-21-13-35-20(12-33)25(21)34)23(29)22(18)16-5-1-14(2-6-16)15-3-7-17(8-4-15)26-30-9-10-37-26/h1-11,20-21,25,33-34H,12-13H2,(H,31,32)/t20-,21-,25?/m1/s1. The van der Waals surface area contributed by atoms with Crippen molar-refractivity contribution in [3.8, 4) is 38.8 Å². The van der Waals surface area contributed by atoms with Crippen molar-refractivity contribution in [2.45, 2.75) is 18.3 Å². The van der Waals surface area contributed by atoms with Crippen LogP contribution in [0.1, 0.15) is 0 Å². The monoisotopic (exact) mass is 521 g/mol. The van der Waals surface area contributed by atoms with Crippen LogP contribution in [-0.2, 0) is 4.74 Å². The molecule has 188 valence electrons. The SMILES string of the molecule is OC[C@H]1OC[C@@H](Oc2nc3c(F)c(-c4ccc(-c5ccc(-c6nccs6)cc5)cc4)c(F)cc3[nH]2)C1O. The lowest BCUT2D eigenvalue weighted by molar-refractivity contribution is -0.00390. The summed E-state index contributed by atoms with van der Waals surface area (Å²) in [6, 6.07) is 16.0. The third-order valence-electron chi connectivity index (χ3n) is 6.40. The first-order chi connectivity index (χ1) is 18.0. The van der Waals surface area contributed by atoms with Crippen LogP contribution >= 0.6 is 11.3 Å². The fraction of sp³-hybridized carbons (Fsp3) is 0.185. The van der Waals surface area contributed by atoms with Crippen LogP contribution in [0.25, 0.3) is 43.9 Å². The summed E-state index contributed by atoms with van der Waals surface area (Å²) in [5.41, 5.74) is 3.12. The molecule has 0 aliphatic carbocycles. The zero-order valence-electron chi connectivity index (χ0n) is 19.3. The van der Waals surface area contributed by atoms with Crippen LogP contribution in [0, 0.1) is 11.6 Å². The highest BCUT2D eigenvalue weighted by Gasteiger charge is 2.37. The van der Waals surface area contributed by atoms with E-state index in [9.17, 15) is 10.2 Å². The lowest BCUT2D eigenvalue weighted by atomic mass is 9.98. The summed E-state index contributed by atoms with van der Waals surface area (Å²) in [7, 11) is 0. The molecule has 3 aromatic carbocycles. The molecule has 7 nitrogen and oxygen atoms in total. The van der Waals surface area contributed by atoms with Gasteiger partial charge in [0.15, 0.2) is 11.9 Å². The highest BCUT2D eigenvalue weighted by molar-refractivity contribution is 7.13. The zero-order chi connectivity index (χ0) is 25.5. The normalized spacial score (nSPS) is 19.5. The number of imidazole rings is 1. The Bertz CT molecular complexity index is 1540. The van der Waals surface area contributed by atoms with E-state index in [1.165, 1.54) is 0 Å². The number of rotatable bonds is 6. The van der Waals surface area contributed by atoms with Crippen molar-refractivity contribution in [1.29, 1.82) is 0 Å². The predicted molar refractivity (Wildman–Crippen MR) is 135 cm³/mol. The van der Waals surface area contributed by atoms with E-state index < -0.39 is 29.9 Å². The van der Waals surface area contributed by atoms with E-state index >= 15 is 8.78 Å². The van der Waals surface area contributed by atoms with Crippen LogP contribution in [0.2, 0.25) is 0 Å². The number of halogens is 2. The number of thiazole rings is 1. The lowest BCUT2D eigenvalue weighted by Crippen LogP contribution is -2.36. The quantitative estimate of drug-likeness (QED) is 0.297. The Labute approximate surface area is 214 Å². The van der Waals surface area contributed by atoms with Crippen LogP contribution in [0.4, 0.5) is 8.78 Å². The number of hydrogen-bond donors (Lipinski definition) is 3. The number of benzene rings is 3. The minimum Gasteiger partial charge on any atom is -0.456 e. The van der Waals surface area contributed by atoms with Crippen LogP contribution in [0.15, 0.2) is 66.2 Å². The van der Waals surface area contributed by atoms with Crippen molar-refractivity contribution in [2.24, 2.45) is 0 Å². The molecule has 3 N–H and O–H groups in total. The maximum atomic E-state index is 15.4. The Hall–Kier alpha value is -3.70. The Balaban J connectivity index is 1.26. The van der Waals surface area contributed by atoms with Gasteiger partial charge in [-0.1, -0.05) is 48.5 Å². The molecule has 2 aromatic heterocycles. The Morgan fingerprint density at radius 3 is 2.32 bits per heavy atom. The van der Waals surface area contributed by atoms with E-state index in [-0.39, 0.29) is 35.8 Å². The highest BCUT2D eigenvalue weighted by atomic mass is 32.1. The van der Waals surface area contributed by atoms with Crippen LogP contribution in [0.5, 0.6) is 6.01 Å². The number of ether oxygens (including phenoxy) is 2. The number of nitrogens with one attached hydrogen (secondary N) is 1. The summed E-state index contributed by atoms with van der Waals surface area (Å²) < 4.78 is 41.3. The van der Waals surface area contributed by atoms with Gasteiger partial charge in [0.1, 0.15) is 28.5 Å². The van der Waals surface area contributed by atoms with E-state index in [0.717, 1.165) is 27.8 Å². The number of nitrogens with zero attached hydrogens (tertiary/aromatic N) is 2. The van der Waals surface area contributed by atoms with E-state index in [0.29, 0.717) is 5.56 Å². The Morgan fingerprint density at radius 1 is 1.03 bits per heavy atom. The molecule has 10 heteroatoms. The molecule has 5 aromatic rings. The maximum absolute atomic E-state index is 15.4. The molecular formula is C27H21F2N3O4S. The molecule has 1 aliphatic rings. The van der Waals surface area contributed by atoms with E-state index in [1.807, 2.05) is 41.8 Å². The van der Waals surface area contributed by atoms with E-state index in [1.54, 1.807) is 29.7 Å². The zero-order valence-corrected chi connectivity index (χ0v) is 20.1. The van der Waals surface area contributed by atoms with Gasteiger partial charge in [-0.25, -0.2) is 13.8 Å². The Kier molecular flexibility index (Phi) is 6.17. The second-order valence-corrected chi connectivity index (χ2v) is 9.57. The molecule has 6 rings (SSSR count). The summed E-state index contributed by atoms with van der Waals surface area (Å²) in [4.78, 5) is 11.2. The predicted octanol–water partition coefficient (Wildman–Crippen LogP) is 4.80. The van der Waals surface area contributed by atoms with Gasteiger partial charge in [-0.3, -0.25) is 0 Å². The van der Waals surface area contributed by atoms with Gasteiger partial charge >= 0.3 is 0 Å². The van der Waals surface area contributed by atoms with Gasteiger partial charge in [0.05, 0.1) is 24.3 Å². The van der Waals surface area contributed by atoms with Gasteiger partial charge in [0, 0.05) is 23.2 Å². The fourth-order valence-corrected chi connectivity index (χ4v) is 5.09. The van der Waals surface area contributed by atoms with Crippen LogP contribution in [-0.4, -0.2) is 56.7 Å². The summed E-state index contributed by atoms with van der Waals surface area (Å²) in [5, 5.41) is 22.2. The summed E-state index contributed by atoms with van der Waals surface area (Å²) in [6.45, 7) is -0.327. The number of hydrogen-bond acceptors (Lipinski definition) is 7. The molecule has 0 amide bonds. The third-order valence-corrected chi connectivity index (χ3v) is 7.22. The van der Waals surface area contributed by atoms with Crippen LogP contribution < -0.4 is 4.74 Å². The number of aliphatic hydroxyl groups is 2. The summed E-state index contributed by atoms with van der Waals surface area (Å²) >= 11 is 1.57. The van der Waals surface area contributed by atoms with Crippen molar-refractivity contribution < 1.29 is 28.5 Å². The van der Waals surface area contributed by atoms with Gasteiger partial charge in [-0.15, -0.1) is 11.3 Å². The smallest absolute Gasteiger partial charge is 0.295 e. The maximum Gasteiger partial charge on any atom is 0.295 e. The highest BCUT2D eigenvalue weighted by Crippen LogP contribution is 2.34. The second kappa shape index (κ2) is 9.64. The van der Waals surface area contributed by atoms with E-state index in [2.05, 4.69) is 15.0 Å². The van der Waals surface area contributed by atoms with Crippen molar-refractivity contribution in [2.75, 3.05) is 13.2 Å². The number of aliphatic hydroxyl groups excluding tert-OH is 2. The third kappa shape index (κ3) is 4.38. The number of H-pyrrole nitrogens is 1. The molecule has 1 unspecified atom stereocenters. The fourth-order valence-electron chi connectivity index (χ4n) is 4.44. The number of aromatic nitrogens is 3. The average molecular weight is 522 g/mol. The molecule has 3 atom stereocenters. The number of fused-ring (bicyclic) bond motifs is 1. The first-order valence-corrected chi connectivity index (χ1v) is 12.5. The molecule has 1 aliphatic heterocycles. The largest absolute Gasteiger partial charge is 0.456 e. The van der Waals surface area contributed by atoms with Gasteiger partial charge in [-0.05, 0) is 16.7 Å². The van der Waals surface area contributed by atoms with Crippen LogP contribution in [0.3, 0.4) is 0 Å². The molecule has 3 heterocycles. The van der Waals surface area contributed by atoms with Gasteiger partial charge in [0.2, 0.25) is 0 Å².